The zero-order chi connectivity index (χ0) is 11.8. The third-order valence-electron chi connectivity index (χ3n) is 3.00. The van der Waals surface area contributed by atoms with Gasteiger partial charge in [0.1, 0.15) is 0 Å². The van der Waals surface area contributed by atoms with Gasteiger partial charge in [-0.05, 0) is 18.9 Å². The van der Waals surface area contributed by atoms with E-state index in [0.29, 0.717) is 0 Å². The second kappa shape index (κ2) is 10.0. The fraction of sp³-hybridized carbons (Fsp3) is 0.600. The Bertz CT molecular complexity index is 281. The van der Waals surface area contributed by atoms with E-state index in [1.165, 1.54) is 43.2 Å². The van der Waals surface area contributed by atoms with E-state index in [1.807, 2.05) is 0 Å². The van der Waals surface area contributed by atoms with Gasteiger partial charge in [0.2, 0.25) is 0 Å². The molecule has 1 aromatic rings. The van der Waals surface area contributed by atoms with Gasteiger partial charge in [-0.15, -0.1) is 11.6 Å². The van der Waals surface area contributed by atoms with E-state index in [9.17, 15) is 0 Å². The molecule has 0 aliphatic carbocycles. The predicted octanol–water partition coefficient (Wildman–Crippen LogP) is 4.45. The summed E-state index contributed by atoms with van der Waals surface area (Å²) in [7, 11) is 0. The number of aryl methyl sites for hydroxylation is 1. The molecule has 0 saturated carbocycles. The van der Waals surface area contributed by atoms with Crippen molar-refractivity contribution in [1.82, 2.24) is 0 Å². The maximum atomic E-state index is 6.37. The molecule has 0 aliphatic rings. The van der Waals surface area contributed by atoms with Gasteiger partial charge < -0.3 is 0 Å². The molecule has 0 N–H and O–H groups in total. The molecule has 0 spiro atoms. The van der Waals surface area contributed by atoms with Crippen LogP contribution in [0.25, 0.3) is 0 Å². The van der Waals surface area contributed by atoms with Crippen LogP contribution in [0.1, 0.15) is 62.0 Å². The van der Waals surface area contributed by atoms with Gasteiger partial charge in [0.05, 0.1) is 5.38 Å². The monoisotopic (exact) mass is 268 g/mol. The lowest BCUT2D eigenvalue weighted by Gasteiger charge is -2.09. The molecule has 1 unspecified atom stereocenters. The van der Waals surface area contributed by atoms with Crippen molar-refractivity contribution < 1.29 is 0 Å². The van der Waals surface area contributed by atoms with Gasteiger partial charge in [-0.2, -0.15) is 0 Å². The zero-order valence-electron chi connectivity index (χ0n) is 10.5. The molecule has 0 fully saturated rings. The number of alkyl halides is 1. The highest BCUT2D eigenvalue weighted by molar-refractivity contribution is 6.20. The standard InChI is InChI=1S/C15H23Cl.Al.3H/c1-3-4-5-6-7-8-15(16)14-11-9-13(2)10-12-14;;;;/h9-12,15H,3-8H2,1-2H3;;;;. The first-order valence-corrected chi connectivity index (χ1v) is 6.88. The van der Waals surface area contributed by atoms with Crippen LogP contribution in [-0.2, 0) is 0 Å². The fourth-order valence-corrected chi connectivity index (χ4v) is 2.17. The number of hydrogen-bond donors (Lipinski definition) is 0. The molecule has 17 heavy (non-hydrogen) atoms. The highest BCUT2D eigenvalue weighted by Crippen LogP contribution is 2.26. The minimum absolute atomic E-state index is 0. The van der Waals surface area contributed by atoms with Gasteiger partial charge in [-0.3, -0.25) is 0 Å². The molecular weight excluding hydrogens is 243 g/mol. The summed E-state index contributed by atoms with van der Waals surface area (Å²) < 4.78 is 0. The molecule has 1 atom stereocenters. The maximum absolute atomic E-state index is 6.37. The Hall–Kier alpha value is 0.0425. The molecule has 2 heteroatoms. The summed E-state index contributed by atoms with van der Waals surface area (Å²) >= 11 is 6.37. The summed E-state index contributed by atoms with van der Waals surface area (Å²) in [6.45, 7) is 4.36. The average Bonchev–Trinajstić information content (AvgIpc) is 2.29. The molecule has 0 aromatic heterocycles. The molecule has 0 amide bonds. The first kappa shape index (κ1) is 17.0. The largest absolute Gasteiger partial charge is 0.187 e. The summed E-state index contributed by atoms with van der Waals surface area (Å²) in [6, 6.07) is 8.58. The molecule has 1 rings (SSSR count). The third-order valence-corrected chi connectivity index (χ3v) is 3.47. The number of unbranched alkanes of at least 4 members (excludes halogenated alkanes) is 4. The van der Waals surface area contributed by atoms with Crippen LogP contribution >= 0.6 is 11.6 Å². The Balaban J connectivity index is 0.00000256. The number of benzene rings is 1. The minimum Gasteiger partial charge on any atom is -0.118 e. The fourth-order valence-electron chi connectivity index (χ4n) is 1.87. The van der Waals surface area contributed by atoms with Crippen molar-refractivity contribution in [3.63, 3.8) is 0 Å². The van der Waals surface area contributed by atoms with Crippen LogP contribution in [-0.4, -0.2) is 17.4 Å². The van der Waals surface area contributed by atoms with E-state index in [2.05, 4.69) is 38.1 Å². The molecular formula is C15H26AlCl. The molecule has 0 aliphatic heterocycles. The van der Waals surface area contributed by atoms with E-state index in [4.69, 9.17) is 11.6 Å². The predicted molar refractivity (Wildman–Crippen MR) is 83.1 cm³/mol. The van der Waals surface area contributed by atoms with Gasteiger partial charge >= 0.3 is 0 Å². The van der Waals surface area contributed by atoms with Crippen LogP contribution in [0.3, 0.4) is 0 Å². The van der Waals surface area contributed by atoms with Gasteiger partial charge in [0.15, 0.2) is 17.4 Å². The second-order valence-electron chi connectivity index (χ2n) is 4.58. The lowest BCUT2D eigenvalue weighted by Crippen LogP contribution is -1.91. The lowest BCUT2D eigenvalue weighted by molar-refractivity contribution is 0.601. The lowest BCUT2D eigenvalue weighted by atomic mass is 10.0. The van der Waals surface area contributed by atoms with Gasteiger partial charge in [-0.1, -0.05) is 68.9 Å². The molecule has 0 heterocycles. The average molecular weight is 269 g/mol. The number of halogens is 1. The van der Waals surface area contributed by atoms with Crippen LogP contribution in [0, 0.1) is 6.92 Å². The van der Waals surface area contributed by atoms with Crippen molar-refractivity contribution in [2.45, 2.75) is 57.7 Å². The van der Waals surface area contributed by atoms with Crippen molar-refractivity contribution >= 4 is 29.0 Å². The topological polar surface area (TPSA) is 0 Å². The minimum atomic E-state index is 0. The van der Waals surface area contributed by atoms with E-state index in [1.54, 1.807) is 0 Å². The highest BCUT2D eigenvalue weighted by atomic mass is 35.5. The summed E-state index contributed by atoms with van der Waals surface area (Å²) in [5.41, 5.74) is 2.57. The normalized spacial score (nSPS) is 11.9. The van der Waals surface area contributed by atoms with Crippen LogP contribution in [0.2, 0.25) is 0 Å². The van der Waals surface area contributed by atoms with Crippen LogP contribution in [0.4, 0.5) is 0 Å². The van der Waals surface area contributed by atoms with Crippen LogP contribution in [0.15, 0.2) is 24.3 Å². The number of rotatable bonds is 7. The van der Waals surface area contributed by atoms with Crippen molar-refractivity contribution in [1.29, 1.82) is 0 Å². The second-order valence-corrected chi connectivity index (χ2v) is 5.11. The number of hydrogen-bond acceptors (Lipinski definition) is 0. The Kier molecular flexibility index (Phi) is 10.0. The van der Waals surface area contributed by atoms with Gasteiger partial charge in [0.25, 0.3) is 0 Å². The van der Waals surface area contributed by atoms with Crippen molar-refractivity contribution in [2.75, 3.05) is 0 Å². The molecule has 0 bridgehead atoms. The SMILES string of the molecule is CCCCCCCC(Cl)c1ccc(C)cc1.[AlH3]. The van der Waals surface area contributed by atoms with E-state index in [-0.39, 0.29) is 22.7 Å². The van der Waals surface area contributed by atoms with Gasteiger partial charge in [-0.25, -0.2) is 0 Å². The first-order chi connectivity index (χ1) is 7.74. The molecule has 0 nitrogen and oxygen atoms in total. The Morgan fingerprint density at radius 2 is 1.59 bits per heavy atom. The van der Waals surface area contributed by atoms with Crippen molar-refractivity contribution in [3.8, 4) is 0 Å². The summed E-state index contributed by atoms with van der Waals surface area (Å²) in [4.78, 5) is 0. The van der Waals surface area contributed by atoms with Crippen LogP contribution in [0.5, 0.6) is 0 Å². The van der Waals surface area contributed by atoms with Gasteiger partial charge in [0, 0.05) is 0 Å². The van der Waals surface area contributed by atoms with E-state index in [0.717, 1.165) is 6.42 Å². The summed E-state index contributed by atoms with van der Waals surface area (Å²) in [5, 5.41) is 0.197. The molecule has 96 valence electrons. The van der Waals surface area contributed by atoms with Crippen LogP contribution < -0.4 is 0 Å². The maximum Gasteiger partial charge on any atom is 0.187 e. The Labute approximate surface area is 122 Å². The molecule has 1 aromatic carbocycles. The summed E-state index contributed by atoms with van der Waals surface area (Å²) in [5.74, 6) is 0. The first-order valence-electron chi connectivity index (χ1n) is 6.44. The Morgan fingerprint density at radius 3 is 2.18 bits per heavy atom. The highest BCUT2D eigenvalue weighted by Gasteiger charge is 2.06. The van der Waals surface area contributed by atoms with Crippen molar-refractivity contribution in [2.24, 2.45) is 0 Å². The van der Waals surface area contributed by atoms with E-state index < -0.39 is 0 Å². The zero-order valence-corrected chi connectivity index (χ0v) is 11.3. The third kappa shape index (κ3) is 7.14. The Morgan fingerprint density at radius 1 is 1.00 bits per heavy atom. The van der Waals surface area contributed by atoms with Crippen molar-refractivity contribution in [3.05, 3.63) is 35.4 Å². The molecule has 0 saturated heterocycles. The molecule has 0 radical (unpaired) electrons. The summed E-state index contributed by atoms with van der Waals surface area (Å²) in [6.07, 6.45) is 7.70. The quantitative estimate of drug-likeness (QED) is 0.389. The van der Waals surface area contributed by atoms with E-state index >= 15 is 0 Å². The smallest absolute Gasteiger partial charge is 0.118 e.